The van der Waals surface area contributed by atoms with Gasteiger partial charge in [0, 0.05) is 6.08 Å². The highest BCUT2D eigenvalue weighted by molar-refractivity contribution is 7.80. The molecule has 7 heteroatoms. The first-order valence-corrected chi connectivity index (χ1v) is 9.62. The van der Waals surface area contributed by atoms with Crippen LogP contribution >= 0.6 is 12.2 Å². The van der Waals surface area contributed by atoms with Crippen LogP contribution in [0.15, 0.2) is 54.6 Å². The van der Waals surface area contributed by atoms with Gasteiger partial charge in [0.2, 0.25) is 5.91 Å². The third kappa shape index (κ3) is 7.75. The van der Waals surface area contributed by atoms with E-state index in [-0.39, 0.29) is 17.6 Å². The fraction of sp³-hybridized carbons (Fsp3) is 0.227. The molecule has 29 heavy (non-hydrogen) atoms. The largest absolute Gasteiger partial charge is 0.483 e. The van der Waals surface area contributed by atoms with Crippen molar-refractivity contribution in [3.8, 4) is 5.75 Å². The highest BCUT2D eigenvalue weighted by atomic mass is 32.1. The molecule has 2 aromatic rings. The first kappa shape index (κ1) is 22.1. The van der Waals surface area contributed by atoms with Crippen molar-refractivity contribution in [3.63, 3.8) is 0 Å². The summed E-state index contributed by atoms with van der Waals surface area (Å²) in [6.07, 6.45) is 3.03. The van der Waals surface area contributed by atoms with Crippen LogP contribution in [-0.4, -0.2) is 23.5 Å². The van der Waals surface area contributed by atoms with E-state index in [1.54, 1.807) is 6.08 Å². The van der Waals surface area contributed by atoms with Gasteiger partial charge in [-0.25, -0.2) is 0 Å². The molecule has 0 atom stereocenters. The first-order valence-electron chi connectivity index (χ1n) is 9.21. The van der Waals surface area contributed by atoms with E-state index < -0.39 is 11.8 Å². The van der Waals surface area contributed by atoms with Crippen LogP contribution in [0.25, 0.3) is 6.08 Å². The van der Waals surface area contributed by atoms with Gasteiger partial charge in [0.05, 0.1) is 0 Å². The Hall–Kier alpha value is -3.19. The number of carbonyl (C=O) groups excluding carboxylic acids is 2. The van der Waals surface area contributed by atoms with Crippen molar-refractivity contribution in [1.29, 1.82) is 0 Å². The number of benzene rings is 2. The van der Waals surface area contributed by atoms with Crippen LogP contribution in [0.5, 0.6) is 5.75 Å². The van der Waals surface area contributed by atoms with Crippen LogP contribution in [0.2, 0.25) is 0 Å². The summed E-state index contributed by atoms with van der Waals surface area (Å²) in [5.41, 5.74) is 7.86. The second kappa shape index (κ2) is 11.0. The minimum atomic E-state index is -0.419. The average Bonchev–Trinajstić information content (AvgIpc) is 2.69. The Balaban J connectivity index is 1.76. The topological polar surface area (TPSA) is 79.5 Å². The van der Waals surface area contributed by atoms with Crippen molar-refractivity contribution in [1.82, 2.24) is 16.2 Å². The molecule has 6 nitrogen and oxygen atoms in total. The summed E-state index contributed by atoms with van der Waals surface area (Å²) in [6, 6.07) is 15.3. The molecule has 2 rings (SSSR count). The molecule has 0 saturated carbocycles. The lowest BCUT2D eigenvalue weighted by molar-refractivity contribution is -0.123. The molecular weight excluding hydrogens is 386 g/mol. The van der Waals surface area contributed by atoms with Gasteiger partial charge in [0.1, 0.15) is 5.75 Å². The SMILES string of the molecule is Cc1ccc(C(C)C)c(OCC(=O)NNC(=S)NC(=O)/C=C/c2ccccc2)c1. The minimum Gasteiger partial charge on any atom is -0.483 e. The predicted molar refractivity (Wildman–Crippen MR) is 118 cm³/mol. The van der Waals surface area contributed by atoms with Gasteiger partial charge in [-0.2, -0.15) is 0 Å². The summed E-state index contributed by atoms with van der Waals surface area (Å²) >= 11 is 5.00. The van der Waals surface area contributed by atoms with Gasteiger partial charge in [-0.3, -0.25) is 25.8 Å². The predicted octanol–water partition coefficient (Wildman–Crippen LogP) is 3.23. The molecule has 0 aliphatic carbocycles. The Bertz CT molecular complexity index is 895. The van der Waals surface area contributed by atoms with Crippen molar-refractivity contribution in [3.05, 3.63) is 71.3 Å². The number of hydrogen-bond acceptors (Lipinski definition) is 4. The molecule has 0 heterocycles. The molecule has 0 aliphatic heterocycles. The molecule has 0 aliphatic rings. The van der Waals surface area contributed by atoms with Crippen molar-refractivity contribution in [2.75, 3.05) is 6.61 Å². The van der Waals surface area contributed by atoms with Gasteiger partial charge >= 0.3 is 0 Å². The second-order valence-electron chi connectivity index (χ2n) is 6.72. The van der Waals surface area contributed by atoms with Crippen LogP contribution in [0.3, 0.4) is 0 Å². The number of amides is 2. The molecular formula is C22H25N3O3S. The fourth-order valence-electron chi connectivity index (χ4n) is 2.47. The fourth-order valence-corrected chi connectivity index (χ4v) is 2.62. The standard InChI is InChI=1S/C22H25N3O3S/c1-15(2)18-11-9-16(3)13-19(18)28-14-21(27)24-25-22(29)23-20(26)12-10-17-7-5-4-6-8-17/h4-13,15H,14H2,1-3H3,(H,24,27)(H2,23,25,26,29)/b12-10+. The van der Waals surface area contributed by atoms with Gasteiger partial charge in [-0.15, -0.1) is 0 Å². The van der Waals surface area contributed by atoms with E-state index >= 15 is 0 Å². The maximum Gasteiger partial charge on any atom is 0.276 e. The first-order chi connectivity index (χ1) is 13.8. The van der Waals surface area contributed by atoms with E-state index in [4.69, 9.17) is 17.0 Å². The second-order valence-corrected chi connectivity index (χ2v) is 7.13. The van der Waals surface area contributed by atoms with Crippen molar-refractivity contribution >= 4 is 35.2 Å². The lowest BCUT2D eigenvalue weighted by Gasteiger charge is -2.15. The lowest BCUT2D eigenvalue weighted by Crippen LogP contribution is -2.49. The van der Waals surface area contributed by atoms with E-state index in [1.165, 1.54) is 6.08 Å². The van der Waals surface area contributed by atoms with E-state index in [2.05, 4.69) is 30.0 Å². The molecule has 0 radical (unpaired) electrons. The van der Waals surface area contributed by atoms with E-state index in [0.29, 0.717) is 5.75 Å². The van der Waals surface area contributed by atoms with Crippen molar-refractivity contribution < 1.29 is 14.3 Å². The van der Waals surface area contributed by atoms with E-state index in [0.717, 1.165) is 16.7 Å². The van der Waals surface area contributed by atoms with Crippen LogP contribution < -0.4 is 20.9 Å². The van der Waals surface area contributed by atoms with E-state index in [1.807, 2.05) is 55.5 Å². The summed E-state index contributed by atoms with van der Waals surface area (Å²) in [5.74, 6) is 0.131. The number of thiocarbonyl (C=S) groups is 1. The summed E-state index contributed by atoms with van der Waals surface area (Å²) in [6.45, 7) is 5.91. The molecule has 0 unspecified atom stereocenters. The number of carbonyl (C=O) groups is 2. The Morgan fingerprint density at radius 2 is 1.83 bits per heavy atom. The molecule has 3 N–H and O–H groups in total. The zero-order chi connectivity index (χ0) is 21.2. The molecule has 2 amide bonds. The Morgan fingerprint density at radius 1 is 1.10 bits per heavy atom. The van der Waals surface area contributed by atoms with Crippen molar-refractivity contribution in [2.24, 2.45) is 0 Å². The normalized spacial score (nSPS) is 10.6. The third-order valence-corrected chi connectivity index (χ3v) is 4.13. The van der Waals surface area contributed by atoms with E-state index in [9.17, 15) is 9.59 Å². The minimum absolute atomic E-state index is 0.0144. The summed E-state index contributed by atoms with van der Waals surface area (Å²) in [4.78, 5) is 23.9. The maximum absolute atomic E-state index is 12.0. The number of rotatable bonds is 6. The molecule has 0 aromatic heterocycles. The molecule has 152 valence electrons. The molecule has 0 saturated heterocycles. The number of nitrogens with one attached hydrogen (secondary N) is 3. The number of hydrazine groups is 1. The van der Waals surface area contributed by atoms with Crippen LogP contribution in [-0.2, 0) is 9.59 Å². The third-order valence-electron chi connectivity index (χ3n) is 3.93. The van der Waals surface area contributed by atoms with Gasteiger partial charge in [0.15, 0.2) is 11.7 Å². The molecule has 0 fully saturated rings. The summed E-state index contributed by atoms with van der Waals surface area (Å²) in [7, 11) is 0. The quantitative estimate of drug-likeness (QED) is 0.386. The Labute approximate surface area is 176 Å². The monoisotopic (exact) mass is 411 g/mol. The zero-order valence-corrected chi connectivity index (χ0v) is 17.5. The van der Waals surface area contributed by atoms with Gasteiger partial charge in [-0.05, 0) is 53.9 Å². The van der Waals surface area contributed by atoms with Crippen LogP contribution in [0.4, 0.5) is 0 Å². The highest BCUT2D eigenvalue weighted by Gasteiger charge is 2.10. The van der Waals surface area contributed by atoms with Gasteiger partial charge in [-0.1, -0.05) is 56.3 Å². The van der Waals surface area contributed by atoms with Gasteiger partial charge < -0.3 is 4.74 Å². The molecule has 2 aromatic carbocycles. The van der Waals surface area contributed by atoms with Crippen LogP contribution in [0.1, 0.15) is 36.5 Å². The smallest absolute Gasteiger partial charge is 0.276 e. The van der Waals surface area contributed by atoms with Gasteiger partial charge in [0.25, 0.3) is 5.91 Å². The van der Waals surface area contributed by atoms with Crippen molar-refractivity contribution in [2.45, 2.75) is 26.7 Å². The van der Waals surface area contributed by atoms with Crippen LogP contribution in [0, 0.1) is 6.92 Å². The summed E-state index contributed by atoms with van der Waals surface area (Å²) in [5, 5.41) is 2.44. The zero-order valence-electron chi connectivity index (χ0n) is 16.7. The summed E-state index contributed by atoms with van der Waals surface area (Å²) < 4.78 is 5.65. The molecule has 0 spiro atoms. The Morgan fingerprint density at radius 3 is 2.52 bits per heavy atom. The number of aryl methyl sites for hydroxylation is 1. The maximum atomic E-state index is 12.0. The number of ether oxygens (including phenoxy) is 1. The number of hydrogen-bond donors (Lipinski definition) is 3. The highest BCUT2D eigenvalue weighted by Crippen LogP contribution is 2.27. The average molecular weight is 412 g/mol. The Kier molecular flexibility index (Phi) is 8.36. The molecule has 0 bridgehead atoms. The lowest BCUT2D eigenvalue weighted by atomic mass is 10.0.